The van der Waals surface area contributed by atoms with E-state index in [4.69, 9.17) is 0 Å². The first-order valence-electron chi connectivity index (χ1n) is 6.98. The molecular weight excluding hydrogens is 198 g/mol. The van der Waals surface area contributed by atoms with Crippen LogP contribution in [0, 0.1) is 17.8 Å². The predicted octanol–water partition coefficient (Wildman–Crippen LogP) is 1.17. The second-order valence-electron chi connectivity index (χ2n) is 6.09. The van der Waals surface area contributed by atoms with Gasteiger partial charge in [-0.3, -0.25) is 5.43 Å². The second-order valence-corrected chi connectivity index (χ2v) is 6.09. The summed E-state index contributed by atoms with van der Waals surface area (Å²) in [5.41, 5.74) is 3.68. The molecule has 2 aliphatic carbocycles. The monoisotopic (exact) mass is 223 g/mol. The van der Waals surface area contributed by atoms with Crippen LogP contribution in [0.4, 0.5) is 0 Å². The third-order valence-corrected chi connectivity index (χ3v) is 4.96. The Morgan fingerprint density at radius 2 is 1.88 bits per heavy atom. The van der Waals surface area contributed by atoms with Crippen LogP contribution in [0.25, 0.3) is 0 Å². The smallest absolute Gasteiger partial charge is 0.0259 e. The van der Waals surface area contributed by atoms with Crippen molar-refractivity contribution in [2.75, 3.05) is 39.8 Å². The number of piperazine rings is 1. The lowest BCUT2D eigenvalue weighted by Crippen LogP contribution is -2.52. The van der Waals surface area contributed by atoms with Crippen molar-refractivity contribution in [3.8, 4) is 0 Å². The van der Waals surface area contributed by atoms with Crippen LogP contribution in [0.2, 0.25) is 0 Å². The lowest BCUT2D eigenvalue weighted by Gasteiger charge is -2.34. The molecule has 2 saturated carbocycles. The molecule has 0 aromatic heterocycles. The van der Waals surface area contributed by atoms with Gasteiger partial charge in [0, 0.05) is 32.7 Å². The lowest BCUT2D eigenvalue weighted by atomic mass is 9.89. The molecule has 1 aliphatic heterocycles. The van der Waals surface area contributed by atoms with Crippen LogP contribution >= 0.6 is 0 Å². The van der Waals surface area contributed by atoms with Gasteiger partial charge in [0.25, 0.3) is 0 Å². The van der Waals surface area contributed by atoms with E-state index in [1.54, 1.807) is 0 Å². The summed E-state index contributed by atoms with van der Waals surface area (Å²) in [6.45, 7) is 6.05. The molecule has 3 nitrogen and oxygen atoms in total. The standard InChI is InChI=1S/C13H25N3/c1-15-4-6-16(7-5-15)14-10-13-9-11-2-3-12(13)8-11/h11-14H,2-10H2,1H3. The zero-order valence-corrected chi connectivity index (χ0v) is 10.5. The van der Waals surface area contributed by atoms with Crippen molar-refractivity contribution in [1.82, 2.24) is 15.3 Å². The zero-order chi connectivity index (χ0) is 11.0. The van der Waals surface area contributed by atoms with Crippen LogP contribution in [-0.4, -0.2) is 49.7 Å². The quantitative estimate of drug-likeness (QED) is 0.775. The van der Waals surface area contributed by atoms with Crippen molar-refractivity contribution in [3.63, 3.8) is 0 Å². The Kier molecular flexibility index (Phi) is 3.18. The molecule has 0 amide bonds. The molecule has 2 bridgehead atoms. The fourth-order valence-corrected chi connectivity index (χ4v) is 3.84. The Morgan fingerprint density at radius 1 is 1.06 bits per heavy atom. The predicted molar refractivity (Wildman–Crippen MR) is 66.0 cm³/mol. The molecule has 0 spiro atoms. The Balaban J connectivity index is 1.40. The third kappa shape index (κ3) is 2.27. The van der Waals surface area contributed by atoms with Gasteiger partial charge < -0.3 is 4.90 Å². The molecular formula is C13H25N3. The molecule has 1 saturated heterocycles. The Labute approximate surface area is 99.1 Å². The fraction of sp³-hybridized carbons (Fsp3) is 1.00. The maximum atomic E-state index is 3.68. The normalized spacial score (nSPS) is 40.7. The number of nitrogens with zero attached hydrogens (tertiary/aromatic N) is 2. The van der Waals surface area contributed by atoms with Crippen LogP contribution in [0.1, 0.15) is 25.7 Å². The Hall–Kier alpha value is -0.120. The van der Waals surface area contributed by atoms with Gasteiger partial charge in [0.2, 0.25) is 0 Å². The second kappa shape index (κ2) is 4.63. The topological polar surface area (TPSA) is 18.5 Å². The molecule has 0 aromatic rings. The van der Waals surface area contributed by atoms with E-state index in [0.717, 1.165) is 17.8 Å². The van der Waals surface area contributed by atoms with Crippen LogP contribution in [0.15, 0.2) is 0 Å². The van der Waals surface area contributed by atoms with Crippen LogP contribution in [0.5, 0.6) is 0 Å². The molecule has 0 radical (unpaired) electrons. The summed E-state index contributed by atoms with van der Waals surface area (Å²) in [5, 5.41) is 2.44. The highest BCUT2D eigenvalue weighted by molar-refractivity contribution is 4.90. The molecule has 3 heteroatoms. The minimum Gasteiger partial charge on any atom is -0.304 e. The largest absolute Gasteiger partial charge is 0.304 e. The zero-order valence-electron chi connectivity index (χ0n) is 10.5. The van der Waals surface area contributed by atoms with Gasteiger partial charge in [-0.15, -0.1) is 0 Å². The van der Waals surface area contributed by atoms with Gasteiger partial charge in [-0.2, -0.15) is 0 Å². The van der Waals surface area contributed by atoms with Gasteiger partial charge in [-0.25, -0.2) is 5.01 Å². The number of hydrogen-bond donors (Lipinski definition) is 1. The minimum absolute atomic E-state index is 0.985. The molecule has 3 fully saturated rings. The number of likely N-dealkylation sites (N-methyl/N-ethyl adjacent to an activating group) is 1. The lowest BCUT2D eigenvalue weighted by molar-refractivity contribution is 0.0923. The number of fused-ring (bicyclic) bond motifs is 2. The Morgan fingerprint density at radius 3 is 2.50 bits per heavy atom. The van der Waals surface area contributed by atoms with Gasteiger partial charge in [0.15, 0.2) is 0 Å². The SMILES string of the molecule is CN1CCN(NCC2CC3CCC2C3)CC1. The number of rotatable bonds is 3. The summed E-state index contributed by atoms with van der Waals surface area (Å²) < 4.78 is 0. The van der Waals surface area contributed by atoms with Gasteiger partial charge in [-0.1, -0.05) is 6.42 Å². The molecule has 0 aromatic carbocycles. The minimum atomic E-state index is 0.985. The van der Waals surface area contributed by atoms with Crippen LogP contribution in [0.3, 0.4) is 0 Å². The average Bonchev–Trinajstić information content (AvgIpc) is 2.90. The highest BCUT2D eigenvalue weighted by Crippen LogP contribution is 2.47. The summed E-state index contributed by atoms with van der Waals surface area (Å²) in [6, 6.07) is 0. The van der Waals surface area contributed by atoms with Gasteiger partial charge in [0.05, 0.1) is 0 Å². The maximum absolute atomic E-state index is 3.68. The summed E-state index contributed by atoms with van der Waals surface area (Å²) in [4.78, 5) is 2.41. The van der Waals surface area contributed by atoms with Crippen molar-refractivity contribution in [1.29, 1.82) is 0 Å². The summed E-state index contributed by atoms with van der Waals surface area (Å²) in [5.74, 6) is 3.13. The molecule has 16 heavy (non-hydrogen) atoms. The highest BCUT2D eigenvalue weighted by Gasteiger charge is 2.39. The van der Waals surface area contributed by atoms with Crippen molar-refractivity contribution in [3.05, 3.63) is 0 Å². The van der Waals surface area contributed by atoms with E-state index in [0.29, 0.717) is 0 Å². The van der Waals surface area contributed by atoms with Gasteiger partial charge in [0.1, 0.15) is 0 Å². The molecule has 3 aliphatic rings. The van der Waals surface area contributed by atoms with Crippen molar-refractivity contribution in [2.45, 2.75) is 25.7 Å². The molecule has 3 rings (SSSR count). The van der Waals surface area contributed by atoms with E-state index in [1.807, 2.05) is 0 Å². The van der Waals surface area contributed by atoms with E-state index >= 15 is 0 Å². The summed E-state index contributed by atoms with van der Waals surface area (Å²) in [6.07, 6.45) is 6.08. The van der Waals surface area contributed by atoms with Crippen molar-refractivity contribution in [2.24, 2.45) is 17.8 Å². The third-order valence-electron chi connectivity index (χ3n) is 4.96. The van der Waals surface area contributed by atoms with Crippen LogP contribution < -0.4 is 5.43 Å². The fourth-order valence-electron chi connectivity index (χ4n) is 3.84. The number of nitrogens with one attached hydrogen (secondary N) is 1. The van der Waals surface area contributed by atoms with Crippen molar-refractivity contribution < 1.29 is 0 Å². The molecule has 3 atom stereocenters. The van der Waals surface area contributed by atoms with Gasteiger partial charge >= 0.3 is 0 Å². The first-order valence-corrected chi connectivity index (χ1v) is 6.98. The molecule has 1 heterocycles. The number of hydrazine groups is 1. The highest BCUT2D eigenvalue weighted by atomic mass is 15.5. The van der Waals surface area contributed by atoms with Gasteiger partial charge in [-0.05, 0) is 44.1 Å². The van der Waals surface area contributed by atoms with Crippen molar-refractivity contribution >= 4 is 0 Å². The van der Waals surface area contributed by atoms with E-state index in [9.17, 15) is 0 Å². The molecule has 1 N–H and O–H groups in total. The maximum Gasteiger partial charge on any atom is 0.0259 e. The van der Waals surface area contributed by atoms with E-state index in [2.05, 4.69) is 22.4 Å². The average molecular weight is 223 g/mol. The molecule has 3 unspecified atom stereocenters. The summed E-state index contributed by atoms with van der Waals surface area (Å²) >= 11 is 0. The van der Waals surface area contributed by atoms with E-state index < -0.39 is 0 Å². The Bertz CT molecular complexity index is 235. The number of hydrogen-bond acceptors (Lipinski definition) is 3. The molecule has 92 valence electrons. The van der Waals surface area contributed by atoms with Crippen LogP contribution in [-0.2, 0) is 0 Å². The first kappa shape index (κ1) is 11.0. The summed E-state index contributed by atoms with van der Waals surface area (Å²) in [7, 11) is 2.22. The van der Waals surface area contributed by atoms with E-state index in [-0.39, 0.29) is 0 Å². The first-order chi connectivity index (χ1) is 7.81. The van der Waals surface area contributed by atoms with E-state index in [1.165, 1.54) is 58.4 Å².